The lowest BCUT2D eigenvalue weighted by Crippen LogP contribution is -2.24. The second-order valence-corrected chi connectivity index (χ2v) is 4.84. The highest BCUT2D eigenvalue weighted by Crippen LogP contribution is 2.28. The first kappa shape index (κ1) is 13.2. The van der Waals surface area contributed by atoms with Crippen molar-refractivity contribution in [2.24, 2.45) is 0 Å². The molecule has 0 aliphatic heterocycles. The molecule has 0 saturated carbocycles. The molecule has 0 saturated heterocycles. The zero-order valence-corrected chi connectivity index (χ0v) is 11.5. The average Bonchev–Trinajstić information content (AvgIpc) is 2.85. The Hall–Kier alpha value is -1.25. The Bertz CT molecular complexity index is 507. The van der Waals surface area contributed by atoms with Crippen LogP contribution in [0.2, 0.25) is 5.02 Å². The van der Waals surface area contributed by atoms with Crippen molar-refractivity contribution in [1.29, 1.82) is 0 Å². The smallest absolute Gasteiger partial charge is 0.135 e. The third-order valence-corrected chi connectivity index (χ3v) is 3.37. The van der Waals surface area contributed by atoms with E-state index in [0.717, 1.165) is 30.0 Å². The van der Waals surface area contributed by atoms with Crippen molar-refractivity contribution >= 4 is 11.6 Å². The first-order valence-corrected chi connectivity index (χ1v) is 6.65. The van der Waals surface area contributed by atoms with Crippen molar-refractivity contribution in [2.45, 2.75) is 32.9 Å². The van der Waals surface area contributed by atoms with Crippen LogP contribution in [0.15, 0.2) is 40.8 Å². The minimum atomic E-state index is 0.499. The van der Waals surface area contributed by atoms with Crippen molar-refractivity contribution in [2.75, 3.05) is 0 Å². The van der Waals surface area contributed by atoms with Crippen molar-refractivity contribution in [3.05, 3.63) is 47.2 Å². The van der Waals surface area contributed by atoms with E-state index in [9.17, 15) is 0 Å². The molecule has 1 aromatic carbocycles. The zero-order valence-electron chi connectivity index (χ0n) is 10.7. The van der Waals surface area contributed by atoms with Gasteiger partial charge in [-0.05, 0) is 37.6 Å². The fourth-order valence-corrected chi connectivity index (χ4v) is 1.93. The van der Waals surface area contributed by atoms with Gasteiger partial charge in [0, 0.05) is 11.6 Å². The fraction of sp³-hybridized carbons (Fsp3) is 0.333. The molecule has 0 spiro atoms. The summed E-state index contributed by atoms with van der Waals surface area (Å²) < 4.78 is 5.80. The lowest BCUT2D eigenvalue weighted by Gasteiger charge is -2.09. The molecule has 1 aromatic heterocycles. The summed E-state index contributed by atoms with van der Waals surface area (Å²) in [6, 6.07) is 12.2. The summed E-state index contributed by atoms with van der Waals surface area (Å²) in [5, 5.41) is 4.12. The molecule has 2 aromatic rings. The molecule has 1 heterocycles. The van der Waals surface area contributed by atoms with E-state index in [1.165, 1.54) is 0 Å². The molecule has 0 radical (unpaired) electrons. The molecule has 0 amide bonds. The first-order valence-electron chi connectivity index (χ1n) is 6.27. The number of hydrogen-bond acceptors (Lipinski definition) is 2. The van der Waals surface area contributed by atoms with E-state index in [0.29, 0.717) is 11.1 Å². The van der Waals surface area contributed by atoms with Gasteiger partial charge in [0.1, 0.15) is 11.5 Å². The summed E-state index contributed by atoms with van der Waals surface area (Å²) in [7, 11) is 0. The van der Waals surface area contributed by atoms with Gasteiger partial charge in [-0.1, -0.05) is 30.7 Å². The predicted octanol–water partition coefficient (Wildman–Crippen LogP) is 4.49. The molecule has 0 fully saturated rings. The maximum atomic E-state index is 6.14. The van der Waals surface area contributed by atoms with Crippen LogP contribution in [-0.4, -0.2) is 6.04 Å². The normalized spacial score (nSPS) is 12.6. The third kappa shape index (κ3) is 3.15. The van der Waals surface area contributed by atoms with Crippen LogP contribution in [-0.2, 0) is 6.54 Å². The number of furan rings is 1. The second-order valence-electron chi connectivity index (χ2n) is 4.44. The molecular weight excluding hydrogens is 246 g/mol. The quantitative estimate of drug-likeness (QED) is 0.860. The second kappa shape index (κ2) is 6.07. The highest BCUT2D eigenvalue weighted by atomic mass is 35.5. The minimum absolute atomic E-state index is 0.499. The largest absolute Gasteiger partial charge is 0.460 e. The molecule has 2 nitrogen and oxygen atoms in total. The standard InChI is InChI=1S/C15H18ClNO/c1-3-11(2)17-10-12-8-9-15(18-12)13-6-4-5-7-14(13)16/h4-9,11,17H,3,10H2,1-2H3. The number of nitrogens with one attached hydrogen (secondary N) is 1. The van der Waals surface area contributed by atoms with Crippen LogP contribution >= 0.6 is 11.6 Å². The van der Waals surface area contributed by atoms with E-state index < -0.39 is 0 Å². The molecule has 3 heteroatoms. The maximum absolute atomic E-state index is 6.14. The summed E-state index contributed by atoms with van der Waals surface area (Å²) in [6.45, 7) is 5.08. The van der Waals surface area contributed by atoms with Crippen molar-refractivity contribution < 1.29 is 4.42 Å². The summed E-state index contributed by atoms with van der Waals surface area (Å²) in [4.78, 5) is 0. The molecule has 2 rings (SSSR count). The fourth-order valence-electron chi connectivity index (χ4n) is 1.70. The van der Waals surface area contributed by atoms with E-state index in [2.05, 4.69) is 19.2 Å². The Morgan fingerprint density at radius 2 is 2.00 bits per heavy atom. The first-order chi connectivity index (χ1) is 8.70. The molecule has 0 aliphatic rings. The SMILES string of the molecule is CCC(C)NCc1ccc(-c2ccccc2Cl)o1. The van der Waals surface area contributed by atoms with Crippen molar-refractivity contribution in [1.82, 2.24) is 5.32 Å². The van der Waals surface area contributed by atoms with Crippen molar-refractivity contribution in [3.8, 4) is 11.3 Å². The van der Waals surface area contributed by atoms with Gasteiger partial charge in [0.2, 0.25) is 0 Å². The number of rotatable bonds is 5. The van der Waals surface area contributed by atoms with Crippen LogP contribution in [0.25, 0.3) is 11.3 Å². The average molecular weight is 264 g/mol. The minimum Gasteiger partial charge on any atom is -0.460 e. The van der Waals surface area contributed by atoms with Gasteiger partial charge >= 0.3 is 0 Å². The van der Waals surface area contributed by atoms with Gasteiger partial charge in [-0.2, -0.15) is 0 Å². The molecule has 0 bridgehead atoms. The molecule has 1 unspecified atom stereocenters. The van der Waals surface area contributed by atoms with Crippen molar-refractivity contribution in [3.63, 3.8) is 0 Å². The van der Waals surface area contributed by atoms with Gasteiger partial charge in [0.25, 0.3) is 0 Å². The predicted molar refractivity (Wildman–Crippen MR) is 75.7 cm³/mol. The highest BCUT2D eigenvalue weighted by Gasteiger charge is 2.08. The number of halogens is 1. The Morgan fingerprint density at radius 1 is 1.22 bits per heavy atom. The van der Waals surface area contributed by atoms with E-state index in [4.69, 9.17) is 16.0 Å². The van der Waals surface area contributed by atoms with Crippen LogP contribution in [0, 0.1) is 0 Å². The van der Waals surface area contributed by atoms with Crippen LogP contribution in [0.3, 0.4) is 0 Å². The topological polar surface area (TPSA) is 25.2 Å². The van der Waals surface area contributed by atoms with Gasteiger partial charge in [-0.25, -0.2) is 0 Å². The number of benzene rings is 1. The lowest BCUT2D eigenvalue weighted by molar-refractivity contribution is 0.457. The molecule has 18 heavy (non-hydrogen) atoms. The number of hydrogen-bond donors (Lipinski definition) is 1. The Morgan fingerprint density at radius 3 is 2.72 bits per heavy atom. The summed E-state index contributed by atoms with van der Waals surface area (Å²) >= 11 is 6.14. The van der Waals surface area contributed by atoms with Crippen LogP contribution in [0.4, 0.5) is 0 Å². The van der Waals surface area contributed by atoms with E-state index >= 15 is 0 Å². The summed E-state index contributed by atoms with van der Waals surface area (Å²) in [5.74, 6) is 1.76. The van der Waals surface area contributed by atoms with Gasteiger partial charge in [0.15, 0.2) is 0 Å². The van der Waals surface area contributed by atoms with Gasteiger partial charge in [-0.3, -0.25) is 0 Å². The van der Waals surface area contributed by atoms with Crippen LogP contribution in [0.1, 0.15) is 26.0 Å². The molecule has 0 aliphatic carbocycles. The molecular formula is C15H18ClNO. The van der Waals surface area contributed by atoms with E-state index in [1.807, 2.05) is 36.4 Å². The summed E-state index contributed by atoms with van der Waals surface area (Å²) in [5.41, 5.74) is 0.939. The zero-order chi connectivity index (χ0) is 13.0. The Balaban J connectivity index is 2.09. The Labute approximate surface area is 113 Å². The molecule has 96 valence electrons. The summed E-state index contributed by atoms with van der Waals surface area (Å²) in [6.07, 6.45) is 1.11. The third-order valence-electron chi connectivity index (χ3n) is 3.04. The molecule has 1 N–H and O–H groups in total. The van der Waals surface area contributed by atoms with Crippen LogP contribution in [0.5, 0.6) is 0 Å². The monoisotopic (exact) mass is 263 g/mol. The maximum Gasteiger partial charge on any atom is 0.135 e. The molecule has 1 atom stereocenters. The van der Waals surface area contributed by atoms with Gasteiger partial charge in [0.05, 0.1) is 11.6 Å². The van der Waals surface area contributed by atoms with Gasteiger partial charge in [-0.15, -0.1) is 0 Å². The van der Waals surface area contributed by atoms with E-state index in [-0.39, 0.29) is 0 Å². The lowest BCUT2D eigenvalue weighted by atomic mass is 10.2. The van der Waals surface area contributed by atoms with Crippen LogP contribution < -0.4 is 5.32 Å². The highest BCUT2D eigenvalue weighted by molar-refractivity contribution is 6.33. The van der Waals surface area contributed by atoms with Gasteiger partial charge < -0.3 is 9.73 Å². The Kier molecular flexibility index (Phi) is 4.45. The van der Waals surface area contributed by atoms with E-state index in [1.54, 1.807) is 0 Å².